The van der Waals surface area contributed by atoms with Gasteiger partial charge in [0.15, 0.2) is 23.0 Å². The Balaban J connectivity index is 2.18. The van der Waals surface area contributed by atoms with Gasteiger partial charge in [-0.25, -0.2) is 0 Å². The Morgan fingerprint density at radius 3 is 2.29 bits per heavy atom. The molecule has 0 N–H and O–H groups in total. The lowest BCUT2D eigenvalue weighted by atomic mass is 10.2. The second-order valence-corrected chi connectivity index (χ2v) is 4.65. The highest BCUT2D eigenvalue weighted by atomic mass is 35.5. The van der Waals surface area contributed by atoms with Crippen molar-refractivity contribution >= 4 is 34.8 Å². The van der Waals surface area contributed by atoms with Crippen LogP contribution in [-0.4, -0.2) is 0 Å². The molecule has 0 bridgehead atoms. The fourth-order valence-electron chi connectivity index (χ4n) is 1.58. The molecule has 5 heteroatoms. The molecule has 1 heterocycles. The zero-order valence-corrected chi connectivity index (χ0v) is 10.6. The molecule has 0 saturated carbocycles. The van der Waals surface area contributed by atoms with Crippen molar-refractivity contribution in [2.24, 2.45) is 0 Å². The summed E-state index contributed by atoms with van der Waals surface area (Å²) in [5.74, 6) is 1.92. The van der Waals surface area contributed by atoms with E-state index in [-0.39, 0.29) is 0 Å². The monoisotopic (exact) mass is 286 g/mol. The van der Waals surface area contributed by atoms with Crippen LogP contribution in [0.1, 0.15) is 0 Å². The smallest absolute Gasteiger partial charge is 0.190 e. The highest BCUT2D eigenvalue weighted by Crippen LogP contribution is 2.52. The Kier molecular flexibility index (Phi) is 2.58. The fourth-order valence-corrected chi connectivity index (χ4v) is 2.13. The summed E-state index contributed by atoms with van der Waals surface area (Å²) < 4.78 is 11.3. The molecule has 0 radical (unpaired) electrons. The van der Waals surface area contributed by atoms with Crippen molar-refractivity contribution in [2.45, 2.75) is 0 Å². The van der Waals surface area contributed by atoms with Gasteiger partial charge in [0.1, 0.15) is 5.02 Å². The van der Waals surface area contributed by atoms with Crippen LogP contribution in [0.5, 0.6) is 23.0 Å². The van der Waals surface area contributed by atoms with E-state index >= 15 is 0 Å². The van der Waals surface area contributed by atoms with Crippen LogP contribution in [0.3, 0.4) is 0 Å². The molecule has 0 amide bonds. The topological polar surface area (TPSA) is 18.5 Å². The Labute approximate surface area is 113 Å². The highest BCUT2D eigenvalue weighted by molar-refractivity contribution is 6.43. The van der Waals surface area contributed by atoms with Crippen molar-refractivity contribution < 1.29 is 9.47 Å². The molecule has 1 aliphatic heterocycles. The lowest BCUT2D eigenvalue weighted by Crippen LogP contribution is -2.00. The number of rotatable bonds is 0. The van der Waals surface area contributed by atoms with Gasteiger partial charge in [0.25, 0.3) is 0 Å². The van der Waals surface area contributed by atoms with Gasteiger partial charge in [0, 0.05) is 0 Å². The summed E-state index contributed by atoms with van der Waals surface area (Å²) in [6, 6.07) is 8.63. The van der Waals surface area contributed by atoms with Crippen LogP contribution in [0.25, 0.3) is 0 Å². The van der Waals surface area contributed by atoms with Gasteiger partial charge in [0.2, 0.25) is 0 Å². The molecule has 0 atom stereocenters. The highest BCUT2D eigenvalue weighted by Gasteiger charge is 2.24. The van der Waals surface area contributed by atoms with Crippen LogP contribution >= 0.6 is 34.8 Å². The average molecular weight is 288 g/mol. The Morgan fingerprint density at radius 2 is 1.47 bits per heavy atom. The first kappa shape index (κ1) is 11.0. The van der Waals surface area contributed by atoms with Crippen molar-refractivity contribution in [3.05, 3.63) is 45.4 Å². The first-order valence-corrected chi connectivity index (χ1v) is 5.92. The molecule has 0 aromatic heterocycles. The standard InChI is InChI=1S/C12H5Cl3O2/c13-6-4-5-9-12(10(6)15)17-11-7(14)2-1-3-8(11)16-9/h1-5H. The maximum absolute atomic E-state index is 6.05. The molecular formula is C12H5Cl3O2. The van der Waals surface area contributed by atoms with E-state index in [1.807, 2.05) is 0 Å². The number of halogens is 3. The minimum Gasteiger partial charge on any atom is -0.449 e. The van der Waals surface area contributed by atoms with Crippen LogP contribution in [-0.2, 0) is 0 Å². The van der Waals surface area contributed by atoms with Gasteiger partial charge in [-0.1, -0.05) is 40.9 Å². The molecule has 0 unspecified atom stereocenters. The Morgan fingerprint density at radius 1 is 0.706 bits per heavy atom. The first-order valence-electron chi connectivity index (χ1n) is 4.79. The minimum atomic E-state index is 0.315. The van der Waals surface area contributed by atoms with E-state index in [4.69, 9.17) is 44.3 Å². The summed E-state index contributed by atoms with van der Waals surface area (Å²) in [6.07, 6.45) is 0. The van der Waals surface area contributed by atoms with E-state index in [1.165, 1.54) is 0 Å². The molecule has 2 aromatic rings. The molecule has 2 nitrogen and oxygen atoms in total. The molecule has 1 aliphatic rings. The van der Waals surface area contributed by atoms with Gasteiger partial charge in [-0.15, -0.1) is 0 Å². The Hall–Kier alpha value is -1.09. The fraction of sp³-hybridized carbons (Fsp3) is 0. The van der Waals surface area contributed by atoms with Crippen LogP contribution in [0, 0.1) is 0 Å². The summed E-state index contributed by atoms with van der Waals surface area (Å²) >= 11 is 18.0. The van der Waals surface area contributed by atoms with Crippen molar-refractivity contribution in [1.29, 1.82) is 0 Å². The molecule has 86 valence electrons. The number of hydrogen-bond donors (Lipinski definition) is 0. The van der Waals surface area contributed by atoms with Crippen molar-refractivity contribution in [1.82, 2.24) is 0 Å². The third-order valence-electron chi connectivity index (χ3n) is 2.37. The molecule has 0 fully saturated rings. The Bertz CT molecular complexity index is 611. The van der Waals surface area contributed by atoms with Crippen LogP contribution in [0.2, 0.25) is 15.1 Å². The van der Waals surface area contributed by atoms with Gasteiger partial charge in [-0.2, -0.15) is 0 Å². The van der Waals surface area contributed by atoms with E-state index in [0.29, 0.717) is 38.1 Å². The average Bonchev–Trinajstić information content (AvgIpc) is 2.33. The molecular weight excluding hydrogens is 282 g/mol. The van der Waals surface area contributed by atoms with E-state index in [1.54, 1.807) is 30.3 Å². The van der Waals surface area contributed by atoms with E-state index < -0.39 is 0 Å². The molecule has 0 aliphatic carbocycles. The van der Waals surface area contributed by atoms with E-state index in [9.17, 15) is 0 Å². The maximum atomic E-state index is 6.05. The predicted molar refractivity (Wildman–Crippen MR) is 68.1 cm³/mol. The van der Waals surface area contributed by atoms with Crippen LogP contribution in [0.15, 0.2) is 30.3 Å². The number of benzene rings is 2. The summed E-state index contributed by atoms with van der Waals surface area (Å²) in [7, 11) is 0. The lowest BCUT2D eigenvalue weighted by Gasteiger charge is -2.22. The molecule has 0 spiro atoms. The number of ether oxygens (including phenoxy) is 2. The summed E-state index contributed by atoms with van der Waals surface area (Å²) in [4.78, 5) is 0. The normalized spacial score (nSPS) is 12.2. The van der Waals surface area contributed by atoms with Gasteiger partial charge in [-0.3, -0.25) is 0 Å². The number of hydrogen-bond acceptors (Lipinski definition) is 2. The first-order chi connectivity index (χ1) is 8.16. The van der Waals surface area contributed by atoms with Gasteiger partial charge in [0.05, 0.1) is 10.0 Å². The molecule has 3 rings (SSSR count). The largest absolute Gasteiger partial charge is 0.449 e. The maximum Gasteiger partial charge on any atom is 0.190 e. The van der Waals surface area contributed by atoms with Crippen molar-refractivity contribution in [2.75, 3.05) is 0 Å². The number of fused-ring (bicyclic) bond motifs is 2. The van der Waals surface area contributed by atoms with Gasteiger partial charge >= 0.3 is 0 Å². The summed E-state index contributed by atoms with van der Waals surface area (Å²) in [5, 5.41) is 1.18. The molecule has 0 saturated heterocycles. The quantitative estimate of drug-likeness (QED) is 0.540. The summed E-state index contributed by atoms with van der Waals surface area (Å²) in [5.41, 5.74) is 0. The minimum absolute atomic E-state index is 0.315. The SMILES string of the molecule is Clc1ccc2c(c1Cl)Oc1c(Cl)cccc1O2. The molecule has 2 aromatic carbocycles. The summed E-state index contributed by atoms with van der Waals surface area (Å²) in [6.45, 7) is 0. The molecule has 17 heavy (non-hydrogen) atoms. The van der Waals surface area contributed by atoms with Gasteiger partial charge < -0.3 is 9.47 Å². The lowest BCUT2D eigenvalue weighted by molar-refractivity contribution is 0.360. The van der Waals surface area contributed by atoms with Gasteiger partial charge in [-0.05, 0) is 24.3 Å². The predicted octanol–water partition coefficient (Wildman–Crippen LogP) is 5.54. The number of para-hydroxylation sites is 1. The van der Waals surface area contributed by atoms with Crippen molar-refractivity contribution in [3.8, 4) is 23.0 Å². The van der Waals surface area contributed by atoms with Crippen LogP contribution < -0.4 is 9.47 Å². The van der Waals surface area contributed by atoms with E-state index in [0.717, 1.165) is 0 Å². The zero-order valence-electron chi connectivity index (χ0n) is 8.34. The van der Waals surface area contributed by atoms with E-state index in [2.05, 4.69) is 0 Å². The second-order valence-electron chi connectivity index (χ2n) is 3.46. The van der Waals surface area contributed by atoms with Crippen LogP contribution in [0.4, 0.5) is 0 Å². The third-order valence-corrected chi connectivity index (χ3v) is 3.45. The zero-order chi connectivity index (χ0) is 12.0. The second kappa shape index (κ2) is 3.98. The van der Waals surface area contributed by atoms with Crippen molar-refractivity contribution in [3.63, 3.8) is 0 Å². The third kappa shape index (κ3) is 1.73.